The molecule has 1 aromatic carbocycles. The summed E-state index contributed by atoms with van der Waals surface area (Å²) >= 11 is 0. The summed E-state index contributed by atoms with van der Waals surface area (Å²) in [5.41, 5.74) is 6.79. The first-order valence-corrected chi connectivity index (χ1v) is 6.82. The minimum absolute atomic E-state index is 0.0166. The highest BCUT2D eigenvalue weighted by molar-refractivity contribution is 5.19. The number of nitrogens with zero attached hydrogens (tertiary/aromatic N) is 1. The van der Waals surface area contributed by atoms with Crippen molar-refractivity contribution >= 4 is 0 Å². The van der Waals surface area contributed by atoms with Crippen molar-refractivity contribution in [2.24, 2.45) is 5.73 Å². The molecule has 0 bridgehead atoms. The fourth-order valence-corrected chi connectivity index (χ4v) is 1.89. The molecule has 0 saturated carbocycles. The van der Waals surface area contributed by atoms with E-state index in [-0.39, 0.29) is 11.6 Å². The Bertz CT molecular complexity index is 593. The van der Waals surface area contributed by atoms with Crippen LogP contribution in [-0.2, 0) is 13.2 Å². The molecule has 0 saturated heterocycles. The van der Waals surface area contributed by atoms with Crippen molar-refractivity contribution in [2.45, 2.75) is 32.5 Å². The van der Waals surface area contributed by atoms with Crippen LogP contribution in [0.2, 0.25) is 0 Å². The largest absolute Gasteiger partial charge is 0.483 e. The fraction of sp³-hybridized carbons (Fsp3) is 0.312. The third-order valence-electron chi connectivity index (χ3n) is 3.18. The first-order valence-electron chi connectivity index (χ1n) is 6.82. The van der Waals surface area contributed by atoms with Gasteiger partial charge in [0.25, 0.3) is 5.56 Å². The van der Waals surface area contributed by atoms with E-state index in [1.807, 2.05) is 43.3 Å². The molecular formula is C16H20N2O2. The van der Waals surface area contributed by atoms with E-state index in [0.717, 1.165) is 12.0 Å². The summed E-state index contributed by atoms with van der Waals surface area (Å²) in [6.07, 6.45) is 2.58. The van der Waals surface area contributed by atoms with Crippen LogP contribution in [0.25, 0.3) is 0 Å². The summed E-state index contributed by atoms with van der Waals surface area (Å²) in [4.78, 5) is 12.2. The summed E-state index contributed by atoms with van der Waals surface area (Å²) in [5, 5.41) is 0. The summed E-state index contributed by atoms with van der Waals surface area (Å²) in [6, 6.07) is 13.3. The molecule has 1 aromatic heterocycles. The summed E-state index contributed by atoms with van der Waals surface area (Å²) < 4.78 is 7.21. The first kappa shape index (κ1) is 14.3. The molecule has 1 unspecified atom stereocenters. The molecule has 1 atom stereocenters. The zero-order chi connectivity index (χ0) is 14.4. The van der Waals surface area contributed by atoms with Gasteiger partial charge in [-0.3, -0.25) is 4.79 Å². The quantitative estimate of drug-likeness (QED) is 0.876. The summed E-state index contributed by atoms with van der Waals surface area (Å²) in [7, 11) is 0. The lowest BCUT2D eigenvalue weighted by molar-refractivity contribution is 0.298. The molecule has 0 amide bonds. The highest BCUT2D eigenvalue weighted by atomic mass is 16.5. The maximum absolute atomic E-state index is 12.2. The van der Waals surface area contributed by atoms with Crippen LogP contribution in [-0.4, -0.2) is 10.6 Å². The Morgan fingerprint density at radius 3 is 2.65 bits per heavy atom. The number of pyridine rings is 1. The number of benzene rings is 1. The van der Waals surface area contributed by atoms with Gasteiger partial charge in [-0.25, -0.2) is 0 Å². The average Bonchev–Trinajstić information content (AvgIpc) is 2.49. The van der Waals surface area contributed by atoms with E-state index < -0.39 is 0 Å². The van der Waals surface area contributed by atoms with E-state index in [1.54, 1.807) is 16.8 Å². The number of nitrogens with two attached hydrogens (primary N) is 1. The van der Waals surface area contributed by atoms with Gasteiger partial charge in [0.05, 0.1) is 0 Å². The maximum Gasteiger partial charge on any atom is 0.292 e. The monoisotopic (exact) mass is 272 g/mol. The van der Waals surface area contributed by atoms with Gasteiger partial charge in [0.15, 0.2) is 5.75 Å². The highest BCUT2D eigenvalue weighted by Crippen LogP contribution is 2.07. The second-order valence-corrected chi connectivity index (χ2v) is 4.77. The van der Waals surface area contributed by atoms with Crippen molar-refractivity contribution in [3.63, 3.8) is 0 Å². The third kappa shape index (κ3) is 3.71. The number of hydrogen-bond acceptors (Lipinski definition) is 3. The van der Waals surface area contributed by atoms with Crippen LogP contribution in [0.5, 0.6) is 5.75 Å². The fourth-order valence-electron chi connectivity index (χ4n) is 1.89. The van der Waals surface area contributed by atoms with Gasteiger partial charge in [-0.15, -0.1) is 0 Å². The van der Waals surface area contributed by atoms with Gasteiger partial charge in [-0.05, 0) is 24.1 Å². The van der Waals surface area contributed by atoms with Gasteiger partial charge >= 0.3 is 0 Å². The van der Waals surface area contributed by atoms with Crippen molar-refractivity contribution in [1.29, 1.82) is 0 Å². The van der Waals surface area contributed by atoms with Crippen LogP contribution in [0.4, 0.5) is 0 Å². The summed E-state index contributed by atoms with van der Waals surface area (Å²) in [5.74, 6) is 0.361. The molecule has 2 N–H and O–H groups in total. The minimum Gasteiger partial charge on any atom is -0.483 e. The van der Waals surface area contributed by atoms with E-state index in [4.69, 9.17) is 10.5 Å². The van der Waals surface area contributed by atoms with E-state index in [0.29, 0.717) is 18.9 Å². The predicted molar refractivity (Wildman–Crippen MR) is 79.7 cm³/mol. The Balaban J connectivity index is 2.09. The topological polar surface area (TPSA) is 57.2 Å². The van der Waals surface area contributed by atoms with Crippen LogP contribution < -0.4 is 16.0 Å². The van der Waals surface area contributed by atoms with Crippen LogP contribution in [0, 0.1) is 0 Å². The molecule has 2 aromatic rings. The molecule has 2 rings (SSSR count). The Morgan fingerprint density at radius 1 is 1.20 bits per heavy atom. The molecule has 0 aliphatic carbocycles. The van der Waals surface area contributed by atoms with Crippen molar-refractivity contribution < 1.29 is 4.74 Å². The second-order valence-electron chi connectivity index (χ2n) is 4.77. The lowest BCUT2D eigenvalue weighted by Crippen LogP contribution is -2.31. The van der Waals surface area contributed by atoms with Crippen LogP contribution in [0.3, 0.4) is 0 Å². The third-order valence-corrected chi connectivity index (χ3v) is 3.18. The standard InChI is InChI=1S/C16H20N2O2/c1-2-14(17)11-18-10-6-9-15(16(18)19)20-12-13-7-4-3-5-8-13/h3-10,14H,2,11-12,17H2,1H3. The maximum atomic E-state index is 12.2. The highest BCUT2D eigenvalue weighted by Gasteiger charge is 2.07. The number of rotatable bonds is 6. The Kier molecular flexibility index (Phi) is 4.96. The Morgan fingerprint density at radius 2 is 1.95 bits per heavy atom. The molecule has 0 aliphatic rings. The van der Waals surface area contributed by atoms with Crippen molar-refractivity contribution in [2.75, 3.05) is 0 Å². The smallest absolute Gasteiger partial charge is 0.292 e. The van der Waals surface area contributed by atoms with Crippen molar-refractivity contribution in [3.05, 3.63) is 64.6 Å². The predicted octanol–water partition coefficient (Wildman–Crippen LogP) is 2.16. The molecule has 106 valence electrons. The van der Waals surface area contributed by atoms with E-state index in [1.165, 1.54) is 0 Å². The number of aromatic nitrogens is 1. The van der Waals surface area contributed by atoms with E-state index in [2.05, 4.69) is 0 Å². The molecular weight excluding hydrogens is 252 g/mol. The molecule has 0 radical (unpaired) electrons. The first-order chi connectivity index (χ1) is 9.70. The Hall–Kier alpha value is -2.07. The number of hydrogen-bond donors (Lipinski definition) is 1. The minimum atomic E-state index is -0.132. The molecule has 4 heteroatoms. The molecule has 1 heterocycles. The van der Waals surface area contributed by atoms with E-state index >= 15 is 0 Å². The van der Waals surface area contributed by atoms with Gasteiger partial charge in [0, 0.05) is 18.8 Å². The van der Waals surface area contributed by atoms with Gasteiger partial charge in [0.2, 0.25) is 0 Å². The molecule has 0 fully saturated rings. The molecule has 4 nitrogen and oxygen atoms in total. The van der Waals surface area contributed by atoms with Crippen LogP contribution in [0.15, 0.2) is 53.5 Å². The van der Waals surface area contributed by atoms with Crippen LogP contribution in [0.1, 0.15) is 18.9 Å². The Labute approximate surface area is 118 Å². The van der Waals surface area contributed by atoms with Gasteiger partial charge in [-0.2, -0.15) is 0 Å². The average molecular weight is 272 g/mol. The lowest BCUT2D eigenvalue weighted by atomic mass is 10.2. The van der Waals surface area contributed by atoms with Crippen molar-refractivity contribution in [3.8, 4) is 5.75 Å². The normalized spacial score (nSPS) is 12.1. The zero-order valence-electron chi connectivity index (χ0n) is 11.7. The second kappa shape index (κ2) is 6.91. The molecule has 20 heavy (non-hydrogen) atoms. The van der Waals surface area contributed by atoms with Gasteiger partial charge in [0.1, 0.15) is 6.61 Å². The SMILES string of the molecule is CCC(N)Cn1cccc(OCc2ccccc2)c1=O. The van der Waals surface area contributed by atoms with E-state index in [9.17, 15) is 4.79 Å². The summed E-state index contributed by atoms with van der Waals surface area (Å²) in [6.45, 7) is 2.91. The lowest BCUT2D eigenvalue weighted by Gasteiger charge is -2.13. The van der Waals surface area contributed by atoms with Crippen molar-refractivity contribution in [1.82, 2.24) is 4.57 Å². The zero-order valence-corrected chi connectivity index (χ0v) is 11.7. The molecule has 0 spiro atoms. The van der Waals surface area contributed by atoms with Gasteiger partial charge in [-0.1, -0.05) is 37.3 Å². The van der Waals surface area contributed by atoms with Gasteiger partial charge < -0.3 is 15.0 Å². The van der Waals surface area contributed by atoms with Crippen LogP contribution >= 0.6 is 0 Å². The molecule has 0 aliphatic heterocycles. The number of ether oxygens (including phenoxy) is 1.